The molecule has 170 valence electrons. The standard InChI is InChI=1S/C23H22FN3S.C2H6.CH3I/c1-4-6-11-16(5-2)20(22(25)17-12-7-8-13-18(17)24)21(23(26)28-3)19-14-9-10-15-27-19;2*1-2/h4-15,25-26H,1H2,2-3H3;1-2H3;1H3/b11-6-,16-5+,21-20-,25-22?,26-23?;;. The van der Waals surface area contributed by atoms with Crippen LogP contribution in [-0.4, -0.2) is 26.9 Å². The first-order chi connectivity index (χ1) is 15.5. The van der Waals surface area contributed by atoms with E-state index in [-0.39, 0.29) is 16.3 Å². The van der Waals surface area contributed by atoms with Gasteiger partial charge in [-0.3, -0.25) is 15.8 Å². The molecule has 6 heteroatoms. The van der Waals surface area contributed by atoms with Crippen molar-refractivity contribution in [2.75, 3.05) is 11.2 Å². The van der Waals surface area contributed by atoms with Crippen molar-refractivity contribution in [3.05, 3.63) is 108 Å². The van der Waals surface area contributed by atoms with E-state index in [0.717, 1.165) is 0 Å². The topological polar surface area (TPSA) is 60.6 Å². The Morgan fingerprint density at radius 2 is 1.72 bits per heavy atom. The summed E-state index contributed by atoms with van der Waals surface area (Å²) in [6, 6.07) is 11.6. The maximum Gasteiger partial charge on any atom is 0.132 e. The number of thioether (sulfide) groups is 1. The molecule has 0 fully saturated rings. The van der Waals surface area contributed by atoms with Crippen LogP contribution in [0.4, 0.5) is 4.39 Å². The van der Waals surface area contributed by atoms with Gasteiger partial charge >= 0.3 is 0 Å². The zero-order valence-electron chi connectivity index (χ0n) is 19.2. The molecule has 0 saturated heterocycles. The van der Waals surface area contributed by atoms with Gasteiger partial charge in [0.1, 0.15) is 5.82 Å². The lowest BCUT2D eigenvalue weighted by Gasteiger charge is -2.18. The van der Waals surface area contributed by atoms with Crippen LogP contribution in [0.2, 0.25) is 0 Å². The summed E-state index contributed by atoms with van der Waals surface area (Å²) < 4.78 is 14.5. The predicted octanol–water partition coefficient (Wildman–Crippen LogP) is 8.15. The number of nitrogens with zero attached hydrogens (tertiary/aromatic N) is 1. The summed E-state index contributed by atoms with van der Waals surface area (Å²) in [5.74, 6) is -0.482. The van der Waals surface area contributed by atoms with E-state index in [4.69, 9.17) is 10.8 Å². The first kappa shape index (κ1) is 29.7. The number of benzene rings is 1. The summed E-state index contributed by atoms with van der Waals surface area (Å²) in [6.07, 6.45) is 10.5. The maximum absolute atomic E-state index is 14.5. The molecule has 2 N–H and O–H groups in total. The number of hydrogen-bond acceptors (Lipinski definition) is 4. The van der Waals surface area contributed by atoms with Gasteiger partial charge in [-0.2, -0.15) is 0 Å². The number of halogens is 2. The second-order valence-electron chi connectivity index (χ2n) is 5.69. The Kier molecular flexibility index (Phi) is 16.0. The fourth-order valence-corrected chi connectivity index (χ4v) is 3.09. The molecule has 0 aliphatic carbocycles. The van der Waals surface area contributed by atoms with E-state index in [2.05, 4.69) is 34.2 Å². The molecule has 32 heavy (non-hydrogen) atoms. The molecule has 2 aromatic rings. The number of alkyl halides is 1. The van der Waals surface area contributed by atoms with Gasteiger partial charge < -0.3 is 0 Å². The van der Waals surface area contributed by atoms with Crippen LogP contribution >= 0.6 is 34.4 Å². The Morgan fingerprint density at radius 3 is 2.22 bits per heavy atom. The van der Waals surface area contributed by atoms with Crippen LogP contribution in [0.15, 0.2) is 90.7 Å². The molecular weight excluding hydrogens is 532 g/mol. The summed E-state index contributed by atoms with van der Waals surface area (Å²) in [4.78, 5) is 6.36. The molecule has 0 bridgehead atoms. The molecule has 0 aliphatic rings. The van der Waals surface area contributed by atoms with Crippen molar-refractivity contribution in [3.8, 4) is 0 Å². The lowest BCUT2D eigenvalue weighted by Crippen LogP contribution is -2.14. The lowest BCUT2D eigenvalue weighted by molar-refractivity contribution is 0.625. The first-order valence-electron chi connectivity index (χ1n) is 10.0. The molecular formula is C26H31FIN3S. The van der Waals surface area contributed by atoms with E-state index >= 15 is 0 Å². The van der Waals surface area contributed by atoms with E-state index in [1.165, 1.54) is 17.8 Å². The Balaban J connectivity index is 0.00000227. The van der Waals surface area contributed by atoms with Gasteiger partial charge in [0.05, 0.1) is 16.4 Å². The van der Waals surface area contributed by atoms with Gasteiger partial charge in [-0.15, -0.1) is 11.8 Å². The van der Waals surface area contributed by atoms with Crippen LogP contribution in [-0.2, 0) is 0 Å². The van der Waals surface area contributed by atoms with Gasteiger partial charge in [-0.1, -0.05) is 85.5 Å². The Morgan fingerprint density at radius 1 is 1.09 bits per heavy atom. The minimum absolute atomic E-state index is 0.000588. The highest BCUT2D eigenvalue weighted by Gasteiger charge is 2.23. The highest BCUT2D eigenvalue weighted by molar-refractivity contribution is 14.1. The highest BCUT2D eigenvalue weighted by Crippen LogP contribution is 2.31. The van der Waals surface area contributed by atoms with Crippen LogP contribution in [0.5, 0.6) is 0 Å². The third-order valence-corrected chi connectivity index (χ3v) is 4.62. The molecule has 3 nitrogen and oxygen atoms in total. The number of rotatable bonds is 7. The highest BCUT2D eigenvalue weighted by atomic mass is 127. The normalized spacial score (nSPS) is 11.4. The van der Waals surface area contributed by atoms with Crippen molar-refractivity contribution in [2.45, 2.75) is 20.8 Å². The van der Waals surface area contributed by atoms with Gasteiger partial charge in [0.2, 0.25) is 0 Å². The summed E-state index contributed by atoms with van der Waals surface area (Å²) in [6.45, 7) is 9.54. The molecule has 0 radical (unpaired) electrons. The third-order valence-electron chi connectivity index (χ3n) is 4.01. The number of pyridine rings is 1. The zero-order valence-corrected chi connectivity index (χ0v) is 22.2. The molecule has 0 amide bonds. The van der Waals surface area contributed by atoms with Crippen LogP contribution in [0, 0.1) is 16.6 Å². The van der Waals surface area contributed by atoms with E-state index in [9.17, 15) is 4.39 Å². The number of allylic oxidation sites excluding steroid dienone is 6. The van der Waals surface area contributed by atoms with Gasteiger partial charge in [-0.25, -0.2) is 4.39 Å². The Bertz CT molecular complexity index is 980. The summed E-state index contributed by atoms with van der Waals surface area (Å²) in [5.41, 5.74) is 2.36. The first-order valence-corrected chi connectivity index (χ1v) is 13.4. The van der Waals surface area contributed by atoms with Crippen molar-refractivity contribution in [3.63, 3.8) is 0 Å². The van der Waals surface area contributed by atoms with Crippen molar-refractivity contribution in [1.29, 1.82) is 10.8 Å². The van der Waals surface area contributed by atoms with Crippen molar-refractivity contribution >= 4 is 50.7 Å². The smallest absolute Gasteiger partial charge is 0.132 e. The molecule has 0 aliphatic heterocycles. The minimum atomic E-state index is -0.482. The Hall–Kier alpha value is -2.32. The monoisotopic (exact) mass is 563 g/mol. The predicted molar refractivity (Wildman–Crippen MR) is 150 cm³/mol. The summed E-state index contributed by atoms with van der Waals surface area (Å²) >= 11 is 3.40. The number of nitrogens with one attached hydrogen (secondary N) is 2. The largest absolute Gasteiger partial charge is 0.299 e. The number of hydrogen-bond donors (Lipinski definition) is 2. The maximum atomic E-state index is 14.5. The van der Waals surface area contributed by atoms with E-state index in [0.29, 0.717) is 22.4 Å². The average molecular weight is 564 g/mol. The fourth-order valence-electron chi connectivity index (χ4n) is 2.68. The van der Waals surface area contributed by atoms with Crippen LogP contribution in [0.25, 0.3) is 5.57 Å². The molecule has 0 unspecified atom stereocenters. The quantitative estimate of drug-likeness (QED) is 0.117. The lowest BCUT2D eigenvalue weighted by atomic mass is 9.89. The van der Waals surface area contributed by atoms with Crippen LogP contribution in [0.3, 0.4) is 0 Å². The average Bonchev–Trinajstić information content (AvgIpc) is 2.86. The molecule has 1 heterocycles. The van der Waals surface area contributed by atoms with E-state index in [1.54, 1.807) is 61.0 Å². The third kappa shape index (κ3) is 8.31. The molecule has 2 rings (SSSR count). The second-order valence-corrected chi connectivity index (χ2v) is 6.51. The Labute approximate surface area is 209 Å². The van der Waals surface area contributed by atoms with Crippen LogP contribution in [0.1, 0.15) is 32.0 Å². The van der Waals surface area contributed by atoms with Crippen molar-refractivity contribution in [1.82, 2.24) is 4.98 Å². The van der Waals surface area contributed by atoms with Gasteiger partial charge in [0.25, 0.3) is 0 Å². The molecule has 0 saturated carbocycles. The van der Waals surface area contributed by atoms with Crippen molar-refractivity contribution in [2.24, 2.45) is 0 Å². The molecule has 1 aromatic heterocycles. The summed E-state index contributed by atoms with van der Waals surface area (Å²) in [5, 5.41) is 17.6. The molecule has 1 aromatic carbocycles. The van der Waals surface area contributed by atoms with E-state index < -0.39 is 5.82 Å². The molecule has 0 spiro atoms. The molecule has 0 atom stereocenters. The zero-order chi connectivity index (χ0) is 24.5. The summed E-state index contributed by atoms with van der Waals surface area (Å²) in [7, 11) is 0. The van der Waals surface area contributed by atoms with E-state index in [1.807, 2.05) is 37.8 Å². The van der Waals surface area contributed by atoms with Gasteiger partial charge in [0.15, 0.2) is 0 Å². The van der Waals surface area contributed by atoms with Gasteiger partial charge in [0, 0.05) is 22.9 Å². The minimum Gasteiger partial charge on any atom is -0.299 e. The fraction of sp³-hybridized carbons (Fsp3) is 0.192. The van der Waals surface area contributed by atoms with Crippen molar-refractivity contribution < 1.29 is 4.39 Å². The second kappa shape index (κ2) is 17.3. The van der Waals surface area contributed by atoms with Gasteiger partial charge in [-0.05, 0) is 47.9 Å². The van der Waals surface area contributed by atoms with Crippen LogP contribution < -0.4 is 0 Å². The SMILES string of the molecule is C=C\C=C/C(=C\C)C(/C(=N)c1ccccc1F)=C(/C(=N)SC)c1ccccn1.CC.CI. The number of aromatic nitrogens is 1.